The zero-order valence-corrected chi connectivity index (χ0v) is 14.2. The minimum Gasteiger partial charge on any atom is -0.494 e. The summed E-state index contributed by atoms with van der Waals surface area (Å²) in [5.74, 6) is -1.25. The number of carboxylic acid groups (broad SMARTS) is 1. The van der Waals surface area contributed by atoms with Gasteiger partial charge in [-0.05, 0) is 31.0 Å². The molecule has 5 nitrogen and oxygen atoms in total. The average Bonchev–Trinajstić information content (AvgIpc) is 2.54. The van der Waals surface area contributed by atoms with Gasteiger partial charge in [-0.25, -0.2) is 9.59 Å². The molecule has 0 aliphatic rings. The van der Waals surface area contributed by atoms with Crippen molar-refractivity contribution in [3.63, 3.8) is 0 Å². The predicted octanol–water partition coefficient (Wildman–Crippen LogP) is 4.22. The number of hydrogen-bond donors (Lipinski definition) is 1. The van der Waals surface area contributed by atoms with Gasteiger partial charge in [0.05, 0.1) is 24.8 Å². The smallest absolute Gasteiger partial charge is 0.338 e. The topological polar surface area (TPSA) is 72.8 Å². The highest BCUT2D eigenvalue weighted by atomic mass is 16.5. The van der Waals surface area contributed by atoms with Gasteiger partial charge in [0.25, 0.3) is 0 Å². The van der Waals surface area contributed by atoms with Gasteiger partial charge in [-0.15, -0.1) is 0 Å². The van der Waals surface area contributed by atoms with Crippen molar-refractivity contribution in [2.45, 2.75) is 52.4 Å². The Kier molecular flexibility index (Phi) is 8.16. The molecule has 0 bridgehead atoms. The molecular weight excluding hydrogens is 296 g/mol. The van der Waals surface area contributed by atoms with Crippen LogP contribution >= 0.6 is 0 Å². The van der Waals surface area contributed by atoms with Crippen molar-refractivity contribution in [3.05, 3.63) is 28.8 Å². The van der Waals surface area contributed by atoms with Gasteiger partial charge in [-0.1, -0.05) is 39.0 Å². The van der Waals surface area contributed by atoms with E-state index in [1.165, 1.54) is 38.9 Å². The minimum atomic E-state index is -1.09. The van der Waals surface area contributed by atoms with E-state index in [4.69, 9.17) is 9.47 Å². The lowest BCUT2D eigenvalue weighted by molar-refractivity contribution is 0.0599. The Bertz CT molecular complexity index is 536. The number of carboxylic acids is 1. The summed E-state index contributed by atoms with van der Waals surface area (Å²) < 4.78 is 10.3. The number of hydrogen-bond acceptors (Lipinski definition) is 4. The molecule has 0 spiro atoms. The van der Waals surface area contributed by atoms with E-state index in [-0.39, 0.29) is 11.1 Å². The van der Waals surface area contributed by atoms with Crippen LogP contribution in [0.5, 0.6) is 5.75 Å². The van der Waals surface area contributed by atoms with Crippen LogP contribution in [-0.2, 0) is 4.74 Å². The Morgan fingerprint density at radius 1 is 1.04 bits per heavy atom. The van der Waals surface area contributed by atoms with Crippen LogP contribution in [0.25, 0.3) is 0 Å². The fourth-order valence-electron chi connectivity index (χ4n) is 2.39. The summed E-state index contributed by atoms with van der Waals surface area (Å²) in [7, 11) is 1.27. The van der Waals surface area contributed by atoms with Crippen molar-refractivity contribution >= 4 is 11.9 Å². The maximum Gasteiger partial charge on any atom is 0.338 e. The number of ether oxygens (including phenoxy) is 2. The molecule has 0 aliphatic heterocycles. The predicted molar refractivity (Wildman–Crippen MR) is 88.3 cm³/mol. The van der Waals surface area contributed by atoms with Gasteiger partial charge in [0, 0.05) is 0 Å². The van der Waals surface area contributed by atoms with Crippen LogP contribution in [0.1, 0.15) is 71.7 Å². The quantitative estimate of drug-likeness (QED) is 0.516. The number of aromatic carboxylic acids is 1. The number of unbranched alkanes of at least 4 members (excludes halogenated alkanes) is 5. The number of esters is 1. The Morgan fingerprint density at radius 2 is 1.65 bits per heavy atom. The highest BCUT2D eigenvalue weighted by Crippen LogP contribution is 2.23. The molecule has 0 saturated carbocycles. The Hall–Kier alpha value is -2.04. The Morgan fingerprint density at radius 3 is 2.26 bits per heavy atom. The highest BCUT2D eigenvalue weighted by Gasteiger charge is 2.18. The molecule has 1 rings (SSSR count). The van der Waals surface area contributed by atoms with Crippen LogP contribution in [-0.4, -0.2) is 30.8 Å². The SMILES string of the molecule is CCCCCCCCOc1cc(C(=O)O)c(C)c(C(=O)OC)c1. The van der Waals surface area contributed by atoms with Crippen molar-refractivity contribution in [2.75, 3.05) is 13.7 Å². The number of methoxy groups -OCH3 is 1. The van der Waals surface area contributed by atoms with Crippen LogP contribution in [0, 0.1) is 6.92 Å². The zero-order chi connectivity index (χ0) is 17.2. The largest absolute Gasteiger partial charge is 0.494 e. The molecule has 0 fully saturated rings. The lowest BCUT2D eigenvalue weighted by Crippen LogP contribution is -2.10. The fraction of sp³-hybridized carbons (Fsp3) is 0.556. The monoisotopic (exact) mass is 322 g/mol. The molecule has 0 aromatic heterocycles. The van der Waals surface area contributed by atoms with E-state index in [0.717, 1.165) is 12.8 Å². The van der Waals surface area contributed by atoms with Gasteiger partial charge in [0.1, 0.15) is 5.75 Å². The summed E-state index contributed by atoms with van der Waals surface area (Å²) in [6.45, 7) is 4.28. The summed E-state index contributed by atoms with van der Waals surface area (Å²) in [5, 5.41) is 9.25. The van der Waals surface area contributed by atoms with E-state index in [0.29, 0.717) is 17.9 Å². The van der Waals surface area contributed by atoms with Crippen molar-refractivity contribution in [1.29, 1.82) is 0 Å². The molecule has 0 radical (unpaired) electrons. The number of carbonyl (C=O) groups excluding carboxylic acids is 1. The van der Waals surface area contributed by atoms with Crippen LogP contribution in [0.4, 0.5) is 0 Å². The standard InChI is InChI=1S/C18H26O5/c1-4-5-6-7-8-9-10-23-14-11-15(17(19)20)13(2)16(12-14)18(21)22-3/h11-12H,4-10H2,1-3H3,(H,19,20). The molecule has 0 atom stereocenters. The van der Waals surface area contributed by atoms with Gasteiger partial charge < -0.3 is 14.6 Å². The van der Waals surface area contributed by atoms with E-state index in [2.05, 4.69) is 6.92 Å². The van der Waals surface area contributed by atoms with Crippen LogP contribution in [0.2, 0.25) is 0 Å². The molecule has 128 valence electrons. The van der Waals surface area contributed by atoms with E-state index < -0.39 is 11.9 Å². The molecule has 0 amide bonds. The first-order valence-electron chi connectivity index (χ1n) is 8.10. The molecule has 0 aliphatic carbocycles. The lowest BCUT2D eigenvalue weighted by atomic mass is 10.0. The van der Waals surface area contributed by atoms with E-state index in [9.17, 15) is 14.7 Å². The molecule has 1 aromatic carbocycles. The van der Waals surface area contributed by atoms with Crippen LogP contribution in [0.15, 0.2) is 12.1 Å². The van der Waals surface area contributed by atoms with Gasteiger partial charge in [-0.2, -0.15) is 0 Å². The average molecular weight is 322 g/mol. The molecule has 0 unspecified atom stereocenters. The molecule has 23 heavy (non-hydrogen) atoms. The summed E-state index contributed by atoms with van der Waals surface area (Å²) in [6.07, 6.45) is 6.88. The first-order chi connectivity index (χ1) is 11.0. The lowest BCUT2D eigenvalue weighted by Gasteiger charge is -2.12. The summed E-state index contributed by atoms with van der Waals surface area (Å²) >= 11 is 0. The maximum atomic E-state index is 11.8. The zero-order valence-electron chi connectivity index (χ0n) is 14.2. The Labute approximate surface area is 137 Å². The molecular formula is C18H26O5. The van der Waals surface area contributed by atoms with E-state index >= 15 is 0 Å². The van der Waals surface area contributed by atoms with Gasteiger partial charge in [-0.3, -0.25) is 0 Å². The second-order valence-corrected chi connectivity index (χ2v) is 5.56. The van der Waals surface area contributed by atoms with Crippen molar-refractivity contribution in [3.8, 4) is 5.75 Å². The second kappa shape index (κ2) is 9.87. The number of benzene rings is 1. The molecule has 0 heterocycles. The van der Waals surface area contributed by atoms with Gasteiger partial charge in [0.15, 0.2) is 0 Å². The molecule has 0 saturated heterocycles. The Balaban J connectivity index is 2.69. The molecule has 1 N–H and O–H groups in total. The third-order valence-electron chi connectivity index (χ3n) is 3.78. The second-order valence-electron chi connectivity index (χ2n) is 5.56. The minimum absolute atomic E-state index is 0.0610. The van der Waals surface area contributed by atoms with Crippen molar-refractivity contribution in [2.24, 2.45) is 0 Å². The third kappa shape index (κ3) is 5.93. The third-order valence-corrected chi connectivity index (χ3v) is 3.78. The first kappa shape index (κ1) is 19.0. The maximum absolute atomic E-state index is 11.8. The van der Waals surface area contributed by atoms with Crippen LogP contribution < -0.4 is 4.74 Å². The van der Waals surface area contributed by atoms with Gasteiger partial charge >= 0.3 is 11.9 Å². The highest BCUT2D eigenvalue weighted by molar-refractivity contribution is 5.97. The summed E-state index contributed by atoms with van der Waals surface area (Å²) in [4.78, 5) is 23.1. The van der Waals surface area contributed by atoms with E-state index in [1.807, 2.05) is 0 Å². The summed E-state index contributed by atoms with van der Waals surface area (Å²) in [6, 6.07) is 3.01. The number of rotatable bonds is 10. The van der Waals surface area contributed by atoms with Crippen molar-refractivity contribution in [1.82, 2.24) is 0 Å². The van der Waals surface area contributed by atoms with Crippen LogP contribution in [0.3, 0.4) is 0 Å². The fourth-order valence-corrected chi connectivity index (χ4v) is 2.39. The first-order valence-corrected chi connectivity index (χ1v) is 8.10. The van der Waals surface area contributed by atoms with E-state index in [1.54, 1.807) is 13.0 Å². The summed E-state index contributed by atoms with van der Waals surface area (Å²) in [5.41, 5.74) is 0.674. The number of carbonyl (C=O) groups is 2. The molecule has 5 heteroatoms. The normalized spacial score (nSPS) is 10.4. The molecule has 1 aromatic rings. The van der Waals surface area contributed by atoms with Gasteiger partial charge in [0.2, 0.25) is 0 Å². The van der Waals surface area contributed by atoms with Crippen molar-refractivity contribution < 1.29 is 24.2 Å².